The minimum absolute atomic E-state index is 0.339. The molecular weight excluding hydrogens is 733 g/mol. The van der Waals surface area contributed by atoms with Crippen LogP contribution in [0.1, 0.15) is 47.2 Å². The molecule has 8 heteroatoms. The number of rotatable bonds is 14. The highest BCUT2D eigenvalue weighted by Gasteiger charge is 2.25. The monoisotopic (exact) mass is 776 g/mol. The summed E-state index contributed by atoms with van der Waals surface area (Å²) in [6.07, 6.45) is 0. The van der Waals surface area contributed by atoms with E-state index in [1.54, 1.807) is 12.1 Å². The molecule has 0 aliphatic heterocycles. The molecule has 0 spiro atoms. The minimum Gasteiger partial charge on any atom is -0.473 e. The summed E-state index contributed by atoms with van der Waals surface area (Å²) in [4.78, 5) is 18.9. The third kappa shape index (κ3) is 9.46. The van der Waals surface area contributed by atoms with Gasteiger partial charge in [-0.1, -0.05) is 159 Å². The molecule has 8 nitrogen and oxygen atoms in total. The molecular formula is C51H44N4O4. The molecule has 0 bridgehead atoms. The van der Waals surface area contributed by atoms with Crippen LogP contribution in [0.15, 0.2) is 170 Å². The minimum atomic E-state index is -0.339. The molecule has 0 N–H and O–H groups in total. The fourth-order valence-electron chi connectivity index (χ4n) is 6.65. The maximum atomic E-state index is 6.44. The number of hydrogen-bond acceptors (Lipinski definition) is 8. The van der Waals surface area contributed by atoms with Crippen LogP contribution in [0.3, 0.4) is 0 Å². The van der Waals surface area contributed by atoms with E-state index in [0.29, 0.717) is 59.9 Å². The van der Waals surface area contributed by atoms with Crippen LogP contribution in [0.25, 0.3) is 22.8 Å². The lowest BCUT2D eigenvalue weighted by Gasteiger charge is -2.28. The average Bonchev–Trinajstić information content (AvgIpc) is 3.27. The maximum Gasteiger partial charge on any atom is 0.226 e. The van der Waals surface area contributed by atoms with Gasteiger partial charge >= 0.3 is 0 Å². The number of ether oxygens (including phenoxy) is 4. The van der Waals surface area contributed by atoms with Crippen LogP contribution in [-0.2, 0) is 18.6 Å². The van der Waals surface area contributed by atoms with Crippen molar-refractivity contribution in [3.63, 3.8) is 0 Å². The van der Waals surface area contributed by atoms with Gasteiger partial charge in [0, 0.05) is 16.5 Å². The second-order valence-electron chi connectivity index (χ2n) is 14.8. The van der Waals surface area contributed by atoms with Crippen LogP contribution in [0, 0.1) is 13.8 Å². The van der Waals surface area contributed by atoms with Gasteiger partial charge in [0.05, 0.1) is 12.1 Å². The molecule has 2 aromatic heterocycles. The summed E-state index contributed by atoms with van der Waals surface area (Å²) in [5.41, 5.74) is 7.71. The van der Waals surface area contributed by atoms with Crippen LogP contribution in [0.2, 0.25) is 0 Å². The number of benzene rings is 6. The topological polar surface area (TPSA) is 88.5 Å². The van der Waals surface area contributed by atoms with E-state index < -0.39 is 0 Å². The second-order valence-corrected chi connectivity index (χ2v) is 14.8. The van der Waals surface area contributed by atoms with E-state index in [1.165, 1.54) is 0 Å². The summed E-state index contributed by atoms with van der Waals surface area (Å²) in [6.45, 7) is 9.29. The van der Waals surface area contributed by atoms with Crippen molar-refractivity contribution in [2.24, 2.45) is 0 Å². The first-order chi connectivity index (χ1) is 28.8. The first-order valence-electron chi connectivity index (χ1n) is 19.6. The summed E-state index contributed by atoms with van der Waals surface area (Å²) in [5, 5.41) is 0. The third-order valence-electron chi connectivity index (χ3n) is 10.1. The van der Waals surface area contributed by atoms with E-state index in [-0.39, 0.29) is 5.41 Å². The summed E-state index contributed by atoms with van der Waals surface area (Å²) >= 11 is 0. The Hall–Kier alpha value is -7.32. The Morgan fingerprint density at radius 1 is 0.407 bits per heavy atom. The Labute approximate surface area is 345 Å². The molecule has 0 fully saturated rings. The number of aromatic nitrogens is 4. The molecule has 0 amide bonds. The SMILES string of the molecule is Cc1cc(C(C)(C)c2ccc(Oc3cc(OCc4ccccc4)nc(-c4ccccc4)n3)c(C)c2)ccc1Oc1cc(OCc2ccccc2)nc(-c2ccccc2)n1. The van der Waals surface area contributed by atoms with Crippen LogP contribution in [-0.4, -0.2) is 19.9 Å². The second kappa shape index (κ2) is 17.4. The van der Waals surface area contributed by atoms with Gasteiger partial charge in [0.2, 0.25) is 23.5 Å². The van der Waals surface area contributed by atoms with Gasteiger partial charge in [0.25, 0.3) is 0 Å². The number of hydrogen-bond donors (Lipinski definition) is 0. The Bertz CT molecular complexity index is 2470. The van der Waals surface area contributed by atoms with E-state index in [2.05, 4.69) is 38.1 Å². The highest BCUT2D eigenvalue weighted by atomic mass is 16.5. The Balaban J connectivity index is 1.01. The molecule has 0 aliphatic rings. The summed E-state index contributed by atoms with van der Waals surface area (Å²) < 4.78 is 25.1. The Kier molecular flexibility index (Phi) is 11.4. The lowest BCUT2D eigenvalue weighted by Crippen LogP contribution is -2.19. The molecule has 8 rings (SSSR count). The molecule has 292 valence electrons. The van der Waals surface area contributed by atoms with Crippen LogP contribution in [0.4, 0.5) is 0 Å². The van der Waals surface area contributed by atoms with Crippen LogP contribution in [0.5, 0.6) is 35.0 Å². The van der Waals surface area contributed by atoms with Crippen molar-refractivity contribution in [2.75, 3.05) is 0 Å². The first-order valence-corrected chi connectivity index (χ1v) is 19.6. The van der Waals surface area contributed by atoms with E-state index in [0.717, 1.165) is 44.5 Å². The zero-order chi connectivity index (χ0) is 40.6. The zero-order valence-corrected chi connectivity index (χ0v) is 33.5. The summed E-state index contributed by atoms with van der Waals surface area (Å²) in [7, 11) is 0. The molecule has 59 heavy (non-hydrogen) atoms. The third-order valence-corrected chi connectivity index (χ3v) is 10.1. The molecule has 0 atom stereocenters. The van der Waals surface area contributed by atoms with Gasteiger partial charge in [-0.15, -0.1) is 0 Å². The zero-order valence-electron chi connectivity index (χ0n) is 33.5. The normalized spacial score (nSPS) is 11.2. The molecule has 0 unspecified atom stereocenters. The van der Waals surface area contributed by atoms with E-state index in [1.807, 2.05) is 147 Å². The predicted octanol–water partition coefficient (Wildman–Crippen LogP) is 12.3. The van der Waals surface area contributed by atoms with Gasteiger partial charge < -0.3 is 18.9 Å². The van der Waals surface area contributed by atoms with Gasteiger partial charge in [-0.25, -0.2) is 0 Å². The molecule has 0 saturated carbocycles. The van der Waals surface area contributed by atoms with Crippen molar-refractivity contribution >= 4 is 0 Å². The maximum absolute atomic E-state index is 6.44. The molecule has 0 saturated heterocycles. The van der Waals surface area contributed by atoms with Gasteiger partial charge in [-0.2, -0.15) is 19.9 Å². The summed E-state index contributed by atoms with van der Waals surface area (Å²) in [5.74, 6) is 4.12. The lowest BCUT2D eigenvalue weighted by atomic mass is 9.77. The van der Waals surface area contributed by atoms with Crippen molar-refractivity contribution in [2.45, 2.75) is 46.3 Å². The quantitative estimate of drug-likeness (QED) is 0.108. The van der Waals surface area contributed by atoms with Crippen LogP contribution < -0.4 is 18.9 Å². The molecule has 0 radical (unpaired) electrons. The Morgan fingerprint density at radius 3 is 1.14 bits per heavy atom. The number of nitrogens with zero attached hydrogens (tertiary/aromatic N) is 4. The average molecular weight is 777 g/mol. The van der Waals surface area contributed by atoms with Crippen molar-refractivity contribution in [3.05, 3.63) is 203 Å². The van der Waals surface area contributed by atoms with Crippen molar-refractivity contribution < 1.29 is 18.9 Å². The smallest absolute Gasteiger partial charge is 0.226 e. The van der Waals surface area contributed by atoms with Crippen molar-refractivity contribution in [3.8, 4) is 57.8 Å². The predicted molar refractivity (Wildman–Crippen MR) is 231 cm³/mol. The van der Waals surface area contributed by atoms with E-state index in [9.17, 15) is 0 Å². The van der Waals surface area contributed by atoms with Gasteiger partial charge in [0.15, 0.2) is 11.6 Å². The lowest BCUT2D eigenvalue weighted by molar-refractivity contribution is 0.291. The first kappa shape index (κ1) is 38.5. The highest BCUT2D eigenvalue weighted by molar-refractivity contribution is 5.58. The summed E-state index contributed by atoms with van der Waals surface area (Å²) in [6, 6.07) is 55.7. The van der Waals surface area contributed by atoms with E-state index in [4.69, 9.17) is 38.9 Å². The molecule has 8 aromatic rings. The van der Waals surface area contributed by atoms with Crippen LogP contribution >= 0.6 is 0 Å². The van der Waals surface area contributed by atoms with E-state index >= 15 is 0 Å². The molecule has 2 heterocycles. The number of aryl methyl sites for hydroxylation is 2. The van der Waals surface area contributed by atoms with Crippen molar-refractivity contribution in [1.29, 1.82) is 0 Å². The largest absolute Gasteiger partial charge is 0.473 e. The Morgan fingerprint density at radius 2 is 0.763 bits per heavy atom. The highest BCUT2D eigenvalue weighted by Crippen LogP contribution is 2.38. The molecule has 6 aromatic carbocycles. The van der Waals surface area contributed by atoms with Gasteiger partial charge in [-0.3, -0.25) is 0 Å². The fourth-order valence-corrected chi connectivity index (χ4v) is 6.65. The van der Waals surface area contributed by atoms with Gasteiger partial charge in [-0.05, 0) is 59.4 Å². The fraction of sp³-hybridized carbons (Fsp3) is 0.137. The molecule has 0 aliphatic carbocycles. The van der Waals surface area contributed by atoms with Gasteiger partial charge in [0.1, 0.15) is 24.7 Å². The standard InChI is InChI=1S/C51H44N4O4/c1-35-29-41(25-27-43(35)58-47-31-45(56-33-37-17-9-5-10-18-37)52-49(54-47)39-21-13-7-14-22-39)51(3,4)42-26-28-44(36(2)30-42)59-48-32-46(57-34-38-19-11-6-12-20-38)53-50(55-48)40-23-15-8-16-24-40/h5-32H,33-34H2,1-4H3. The van der Waals surface area contributed by atoms with Crippen molar-refractivity contribution in [1.82, 2.24) is 19.9 Å².